The van der Waals surface area contributed by atoms with Crippen molar-refractivity contribution in [1.29, 1.82) is 0 Å². The molecule has 0 saturated carbocycles. The Morgan fingerprint density at radius 3 is 2.90 bits per heavy atom. The van der Waals surface area contributed by atoms with E-state index in [0.29, 0.717) is 5.69 Å². The normalized spacial score (nSPS) is 16.9. The van der Waals surface area contributed by atoms with Crippen LogP contribution in [0.25, 0.3) is 0 Å². The van der Waals surface area contributed by atoms with Crippen molar-refractivity contribution in [3.63, 3.8) is 0 Å². The van der Waals surface area contributed by atoms with Gasteiger partial charge in [0.2, 0.25) is 0 Å². The first-order valence-corrected chi connectivity index (χ1v) is 8.11. The number of carboxylic acids is 1. The summed E-state index contributed by atoms with van der Waals surface area (Å²) in [5, 5.41) is 15.1. The van der Waals surface area contributed by atoms with Crippen LogP contribution in [0, 0.1) is 0 Å². The SMILES string of the molecule is CC(C)(C(=O)O)c1csc(NCCCN2CCOCC2)n1. The van der Waals surface area contributed by atoms with Gasteiger partial charge in [-0.05, 0) is 26.8 Å². The molecule has 1 fully saturated rings. The molecular formula is C14H23N3O3S. The number of nitrogens with one attached hydrogen (secondary N) is 1. The summed E-state index contributed by atoms with van der Waals surface area (Å²) in [5.41, 5.74) is -0.333. The Morgan fingerprint density at radius 1 is 1.52 bits per heavy atom. The van der Waals surface area contributed by atoms with E-state index in [1.54, 1.807) is 13.8 Å². The van der Waals surface area contributed by atoms with E-state index in [9.17, 15) is 9.90 Å². The Hall–Kier alpha value is -1.18. The molecule has 21 heavy (non-hydrogen) atoms. The molecule has 2 heterocycles. The lowest BCUT2D eigenvalue weighted by Crippen LogP contribution is -2.37. The zero-order valence-corrected chi connectivity index (χ0v) is 13.4. The summed E-state index contributed by atoms with van der Waals surface area (Å²) in [6.07, 6.45) is 1.04. The number of anilines is 1. The number of rotatable bonds is 7. The summed E-state index contributed by atoms with van der Waals surface area (Å²) in [6, 6.07) is 0. The molecule has 0 amide bonds. The van der Waals surface area contributed by atoms with E-state index in [1.807, 2.05) is 5.38 Å². The van der Waals surface area contributed by atoms with Crippen molar-refractivity contribution >= 4 is 22.4 Å². The standard InChI is InChI=1S/C14H23N3O3S/c1-14(2,12(18)19)11-10-21-13(16-11)15-4-3-5-17-6-8-20-9-7-17/h10H,3-9H2,1-2H3,(H,15,16)(H,18,19). The molecule has 0 spiro atoms. The molecule has 7 heteroatoms. The molecule has 1 saturated heterocycles. The van der Waals surface area contributed by atoms with Gasteiger partial charge in [-0.25, -0.2) is 4.98 Å². The van der Waals surface area contributed by atoms with E-state index >= 15 is 0 Å². The maximum Gasteiger partial charge on any atom is 0.315 e. The summed E-state index contributed by atoms with van der Waals surface area (Å²) in [4.78, 5) is 18.0. The van der Waals surface area contributed by atoms with Crippen LogP contribution in [0.3, 0.4) is 0 Å². The lowest BCUT2D eigenvalue weighted by Gasteiger charge is -2.26. The molecule has 1 aliphatic rings. The third-order valence-electron chi connectivity index (χ3n) is 3.71. The molecule has 6 nitrogen and oxygen atoms in total. The molecule has 0 bridgehead atoms. The van der Waals surface area contributed by atoms with E-state index in [2.05, 4.69) is 15.2 Å². The number of hydrogen-bond acceptors (Lipinski definition) is 6. The van der Waals surface area contributed by atoms with Gasteiger partial charge in [-0.15, -0.1) is 11.3 Å². The number of morpholine rings is 1. The van der Waals surface area contributed by atoms with Gasteiger partial charge in [0.1, 0.15) is 5.41 Å². The molecule has 0 radical (unpaired) electrons. The van der Waals surface area contributed by atoms with Crippen LogP contribution < -0.4 is 5.32 Å². The first kappa shape index (κ1) is 16.2. The second-order valence-corrected chi connectivity index (χ2v) is 6.56. The first-order chi connectivity index (χ1) is 10.00. The van der Waals surface area contributed by atoms with E-state index in [0.717, 1.165) is 50.9 Å². The van der Waals surface area contributed by atoms with Crippen LogP contribution in [0.4, 0.5) is 5.13 Å². The Bertz CT molecular complexity index is 470. The van der Waals surface area contributed by atoms with Crippen LogP contribution in [0.15, 0.2) is 5.38 Å². The number of hydrogen-bond donors (Lipinski definition) is 2. The van der Waals surface area contributed by atoms with Gasteiger partial charge in [0.05, 0.1) is 18.9 Å². The Morgan fingerprint density at radius 2 is 2.24 bits per heavy atom. The number of carbonyl (C=O) groups is 1. The number of ether oxygens (including phenoxy) is 1. The molecule has 1 aromatic rings. The highest BCUT2D eigenvalue weighted by molar-refractivity contribution is 7.13. The molecular weight excluding hydrogens is 290 g/mol. The van der Waals surface area contributed by atoms with Crippen LogP contribution in [0.5, 0.6) is 0 Å². The van der Waals surface area contributed by atoms with Crippen LogP contribution in [-0.4, -0.2) is 60.4 Å². The van der Waals surface area contributed by atoms with Crippen molar-refractivity contribution in [1.82, 2.24) is 9.88 Å². The highest BCUT2D eigenvalue weighted by atomic mass is 32.1. The number of thiazole rings is 1. The minimum absolute atomic E-state index is 0.607. The van der Waals surface area contributed by atoms with Gasteiger partial charge in [0.25, 0.3) is 0 Å². The summed E-state index contributed by atoms with van der Waals surface area (Å²) in [6.45, 7) is 8.91. The second-order valence-electron chi connectivity index (χ2n) is 5.70. The lowest BCUT2D eigenvalue weighted by molar-refractivity contribution is -0.142. The molecule has 2 N–H and O–H groups in total. The first-order valence-electron chi connectivity index (χ1n) is 7.23. The molecule has 0 aliphatic carbocycles. The van der Waals surface area contributed by atoms with Crippen LogP contribution in [0.2, 0.25) is 0 Å². The van der Waals surface area contributed by atoms with Gasteiger partial charge in [-0.1, -0.05) is 0 Å². The van der Waals surface area contributed by atoms with Gasteiger partial charge < -0.3 is 15.2 Å². The van der Waals surface area contributed by atoms with Crippen molar-refractivity contribution < 1.29 is 14.6 Å². The predicted molar refractivity (Wildman–Crippen MR) is 83.1 cm³/mol. The number of nitrogens with zero attached hydrogens (tertiary/aromatic N) is 2. The zero-order valence-electron chi connectivity index (χ0n) is 12.6. The van der Waals surface area contributed by atoms with Gasteiger partial charge in [0, 0.05) is 25.0 Å². The van der Waals surface area contributed by atoms with Crippen molar-refractivity contribution in [3.05, 3.63) is 11.1 Å². The van der Waals surface area contributed by atoms with Gasteiger partial charge in [0.15, 0.2) is 5.13 Å². The second kappa shape index (κ2) is 7.20. The van der Waals surface area contributed by atoms with Gasteiger partial charge in [-0.3, -0.25) is 9.69 Å². The highest BCUT2D eigenvalue weighted by Gasteiger charge is 2.32. The van der Waals surface area contributed by atoms with Crippen molar-refractivity contribution in [2.24, 2.45) is 0 Å². The van der Waals surface area contributed by atoms with E-state index in [1.165, 1.54) is 11.3 Å². The van der Waals surface area contributed by atoms with Crippen molar-refractivity contribution in [2.75, 3.05) is 44.7 Å². The Balaban J connectivity index is 1.74. The maximum absolute atomic E-state index is 11.2. The van der Waals surface area contributed by atoms with Crippen molar-refractivity contribution in [3.8, 4) is 0 Å². The largest absolute Gasteiger partial charge is 0.481 e. The minimum Gasteiger partial charge on any atom is -0.481 e. The maximum atomic E-state index is 11.2. The van der Waals surface area contributed by atoms with Crippen LogP contribution in [0.1, 0.15) is 26.0 Å². The molecule has 0 aromatic carbocycles. The fourth-order valence-electron chi connectivity index (χ4n) is 2.07. The van der Waals surface area contributed by atoms with Crippen LogP contribution in [-0.2, 0) is 14.9 Å². The molecule has 1 aliphatic heterocycles. The smallest absolute Gasteiger partial charge is 0.315 e. The van der Waals surface area contributed by atoms with Crippen LogP contribution >= 0.6 is 11.3 Å². The quantitative estimate of drug-likeness (QED) is 0.746. The summed E-state index contributed by atoms with van der Waals surface area (Å²) < 4.78 is 5.32. The molecule has 0 unspecified atom stereocenters. The fourth-order valence-corrected chi connectivity index (χ4v) is 2.98. The predicted octanol–water partition coefficient (Wildman–Crippen LogP) is 1.64. The van der Waals surface area contributed by atoms with Crippen molar-refractivity contribution in [2.45, 2.75) is 25.7 Å². The average Bonchev–Trinajstić information content (AvgIpc) is 2.94. The molecule has 2 rings (SSSR count). The fraction of sp³-hybridized carbons (Fsp3) is 0.714. The van der Waals surface area contributed by atoms with E-state index in [-0.39, 0.29) is 0 Å². The third-order valence-corrected chi connectivity index (χ3v) is 4.51. The van der Waals surface area contributed by atoms with Gasteiger partial charge in [-0.2, -0.15) is 0 Å². The molecule has 0 atom stereocenters. The Labute approximate surface area is 129 Å². The summed E-state index contributed by atoms with van der Waals surface area (Å²) in [7, 11) is 0. The molecule has 118 valence electrons. The summed E-state index contributed by atoms with van der Waals surface area (Å²) >= 11 is 1.46. The number of aromatic nitrogens is 1. The average molecular weight is 313 g/mol. The third kappa shape index (κ3) is 4.39. The Kier molecular flexibility index (Phi) is 5.55. The highest BCUT2D eigenvalue weighted by Crippen LogP contribution is 2.27. The topological polar surface area (TPSA) is 74.7 Å². The number of aliphatic carboxylic acids is 1. The zero-order chi connectivity index (χ0) is 15.3. The number of carboxylic acid groups (broad SMARTS) is 1. The molecule has 1 aromatic heterocycles. The monoisotopic (exact) mass is 313 g/mol. The summed E-state index contributed by atoms with van der Waals surface area (Å²) in [5.74, 6) is -0.855. The van der Waals surface area contributed by atoms with Gasteiger partial charge >= 0.3 is 5.97 Å². The van der Waals surface area contributed by atoms with E-state index in [4.69, 9.17) is 4.74 Å². The lowest BCUT2D eigenvalue weighted by atomic mass is 9.90. The van der Waals surface area contributed by atoms with E-state index < -0.39 is 11.4 Å². The minimum atomic E-state index is -0.940.